The largest absolute Gasteiger partial charge is 0.272 e. The zero-order valence-electron chi connectivity index (χ0n) is 16.5. The van der Waals surface area contributed by atoms with Gasteiger partial charge in [-0.2, -0.15) is 5.10 Å². The third-order valence-corrected chi connectivity index (χ3v) is 6.19. The molecule has 0 aliphatic heterocycles. The van der Waals surface area contributed by atoms with Gasteiger partial charge >= 0.3 is 0 Å². The summed E-state index contributed by atoms with van der Waals surface area (Å²) in [5, 5.41) is 13.9. The van der Waals surface area contributed by atoms with Gasteiger partial charge in [-0.1, -0.05) is 57.5 Å². The average molecular weight is 528 g/mol. The minimum absolute atomic E-state index is 0.120. The lowest BCUT2D eigenvalue weighted by molar-refractivity contribution is -0.118. The van der Waals surface area contributed by atoms with Crippen LogP contribution in [0.4, 0.5) is 0 Å². The predicted octanol–water partition coefficient (Wildman–Crippen LogP) is 4.99. The summed E-state index contributed by atoms with van der Waals surface area (Å²) < 4.78 is 2.78. The second kappa shape index (κ2) is 10.5. The standard InChI is InChI=1S/C22H16BrClN6OS/c23-19-4-2-1-3-16(19)13-26-27-20(31)14-32-22-29-28-21(15-9-11-25-12-10-15)30(22)18-7-5-17(24)6-8-18/h1-13H,14H2,(H,27,31)/b26-13-. The lowest BCUT2D eigenvalue weighted by atomic mass is 10.2. The van der Waals surface area contributed by atoms with E-state index in [1.165, 1.54) is 11.8 Å². The maximum Gasteiger partial charge on any atom is 0.250 e. The molecule has 0 unspecified atom stereocenters. The summed E-state index contributed by atoms with van der Waals surface area (Å²) >= 11 is 10.8. The van der Waals surface area contributed by atoms with Crippen LogP contribution in [0.15, 0.2) is 87.8 Å². The molecular weight excluding hydrogens is 512 g/mol. The summed E-state index contributed by atoms with van der Waals surface area (Å²) in [6, 6.07) is 18.7. The van der Waals surface area contributed by atoms with Gasteiger partial charge in [0, 0.05) is 38.7 Å². The van der Waals surface area contributed by atoms with Gasteiger partial charge in [-0.3, -0.25) is 14.3 Å². The number of thioether (sulfide) groups is 1. The van der Waals surface area contributed by atoms with Gasteiger partial charge in [-0.25, -0.2) is 5.43 Å². The minimum Gasteiger partial charge on any atom is -0.272 e. The molecule has 32 heavy (non-hydrogen) atoms. The van der Waals surface area contributed by atoms with Gasteiger partial charge in [0.05, 0.1) is 12.0 Å². The number of carbonyl (C=O) groups is 1. The molecule has 1 amide bonds. The van der Waals surface area contributed by atoms with Crippen molar-refractivity contribution < 1.29 is 4.79 Å². The van der Waals surface area contributed by atoms with Crippen LogP contribution in [-0.2, 0) is 4.79 Å². The molecule has 10 heteroatoms. The second-order valence-corrected chi connectivity index (χ2v) is 8.69. The highest BCUT2D eigenvalue weighted by Crippen LogP contribution is 2.28. The quantitative estimate of drug-likeness (QED) is 0.208. The van der Waals surface area contributed by atoms with Crippen LogP contribution in [0.5, 0.6) is 0 Å². The number of nitrogens with one attached hydrogen (secondary N) is 1. The van der Waals surface area contributed by atoms with E-state index in [-0.39, 0.29) is 11.7 Å². The number of hydrogen-bond donors (Lipinski definition) is 1. The first-order chi connectivity index (χ1) is 15.6. The van der Waals surface area contributed by atoms with Crippen LogP contribution < -0.4 is 5.43 Å². The van der Waals surface area contributed by atoms with Crippen molar-refractivity contribution in [1.29, 1.82) is 0 Å². The van der Waals surface area contributed by atoms with Gasteiger partial charge in [0.15, 0.2) is 11.0 Å². The Morgan fingerprint density at radius 1 is 1.09 bits per heavy atom. The van der Waals surface area contributed by atoms with E-state index < -0.39 is 0 Å². The Balaban J connectivity index is 1.51. The Labute approximate surface area is 202 Å². The van der Waals surface area contributed by atoms with Crippen LogP contribution in [0, 0.1) is 0 Å². The van der Waals surface area contributed by atoms with Crippen LogP contribution >= 0.6 is 39.3 Å². The van der Waals surface area contributed by atoms with E-state index in [1.807, 2.05) is 53.1 Å². The molecule has 0 radical (unpaired) electrons. The highest BCUT2D eigenvalue weighted by molar-refractivity contribution is 9.10. The van der Waals surface area contributed by atoms with Crippen molar-refractivity contribution in [1.82, 2.24) is 25.2 Å². The third-order valence-electron chi connectivity index (χ3n) is 4.29. The Bertz CT molecular complexity index is 1250. The topological polar surface area (TPSA) is 85.1 Å². The molecule has 2 aromatic carbocycles. The van der Waals surface area contributed by atoms with Crippen molar-refractivity contribution in [2.45, 2.75) is 5.16 Å². The highest BCUT2D eigenvalue weighted by Gasteiger charge is 2.17. The number of halogens is 2. The van der Waals surface area contributed by atoms with E-state index in [1.54, 1.807) is 30.7 Å². The normalized spacial score (nSPS) is 11.1. The fourth-order valence-electron chi connectivity index (χ4n) is 2.79. The van der Waals surface area contributed by atoms with Gasteiger partial charge in [0.2, 0.25) is 0 Å². The molecule has 0 fully saturated rings. The molecular formula is C22H16BrClN6OS. The molecule has 0 bridgehead atoms. The fourth-order valence-corrected chi connectivity index (χ4v) is 4.05. The van der Waals surface area contributed by atoms with E-state index in [0.29, 0.717) is 16.0 Å². The summed E-state index contributed by atoms with van der Waals surface area (Å²) in [5.74, 6) is 0.508. The molecule has 2 heterocycles. The van der Waals surface area contributed by atoms with Gasteiger partial charge in [0.1, 0.15) is 0 Å². The lowest BCUT2D eigenvalue weighted by Gasteiger charge is -2.10. The number of amides is 1. The maximum atomic E-state index is 12.3. The number of pyridine rings is 1. The first-order valence-electron chi connectivity index (χ1n) is 9.43. The molecule has 0 saturated heterocycles. The van der Waals surface area contributed by atoms with Crippen molar-refractivity contribution in [2.75, 3.05) is 5.75 Å². The van der Waals surface area contributed by atoms with E-state index >= 15 is 0 Å². The van der Waals surface area contributed by atoms with Crippen molar-refractivity contribution in [3.05, 3.63) is 88.1 Å². The second-order valence-electron chi connectivity index (χ2n) is 6.46. The molecule has 0 atom stereocenters. The van der Waals surface area contributed by atoms with Crippen LogP contribution in [-0.4, -0.2) is 37.6 Å². The smallest absolute Gasteiger partial charge is 0.250 e. The van der Waals surface area contributed by atoms with Gasteiger partial charge in [0.25, 0.3) is 5.91 Å². The molecule has 0 saturated carbocycles. The first kappa shape index (κ1) is 22.2. The van der Waals surface area contributed by atoms with Crippen molar-refractivity contribution in [3.63, 3.8) is 0 Å². The number of hydrogen-bond acceptors (Lipinski definition) is 6. The molecule has 0 aliphatic rings. The molecule has 4 aromatic rings. The molecule has 1 N–H and O–H groups in total. The monoisotopic (exact) mass is 526 g/mol. The Kier molecular flexibility index (Phi) is 7.31. The van der Waals surface area contributed by atoms with E-state index in [4.69, 9.17) is 11.6 Å². The van der Waals surface area contributed by atoms with Gasteiger partial charge in [-0.15, -0.1) is 10.2 Å². The van der Waals surface area contributed by atoms with Crippen LogP contribution in [0.1, 0.15) is 5.56 Å². The van der Waals surface area contributed by atoms with Gasteiger partial charge in [-0.05, 0) is 42.5 Å². The summed E-state index contributed by atoms with van der Waals surface area (Å²) in [6.07, 6.45) is 4.98. The molecule has 7 nitrogen and oxygen atoms in total. The van der Waals surface area contributed by atoms with Crippen LogP contribution in [0.2, 0.25) is 5.02 Å². The summed E-state index contributed by atoms with van der Waals surface area (Å²) in [6.45, 7) is 0. The lowest BCUT2D eigenvalue weighted by Crippen LogP contribution is -2.20. The summed E-state index contributed by atoms with van der Waals surface area (Å²) in [5.41, 5.74) is 5.10. The van der Waals surface area contributed by atoms with Crippen molar-refractivity contribution in [2.24, 2.45) is 5.10 Å². The number of nitrogens with zero attached hydrogens (tertiary/aromatic N) is 5. The molecule has 0 aliphatic carbocycles. The fraction of sp³-hybridized carbons (Fsp3) is 0.0455. The zero-order valence-corrected chi connectivity index (χ0v) is 19.7. The number of hydrazone groups is 1. The number of rotatable bonds is 7. The summed E-state index contributed by atoms with van der Waals surface area (Å²) in [4.78, 5) is 16.4. The maximum absolute atomic E-state index is 12.3. The first-order valence-corrected chi connectivity index (χ1v) is 11.6. The SMILES string of the molecule is O=C(CSc1nnc(-c2ccncc2)n1-c1ccc(Cl)cc1)N/N=C\c1ccccc1Br. The van der Waals surface area contributed by atoms with Crippen molar-refractivity contribution in [3.8, 4) is 17.1 Å². The predicted molar refractivity (Wildman–Crippen MR) is 130 cm³/mol. The zero-order chi connectivity index (χ0) is 22.3. The Morgan fingerprint density at radius 3 is 2.59 bits per heavy atom. The van der Waals surface area contributed by atoms with E-state index in [0.717, 1.165) is 21.3 Å². The average Bonchev–Trinajstić information content (AvgIpc) is 3.24. The van der Waals surface area contributed by atoms with Gasteiger partial charge < -0.3 is 0 Å². The molecule has 4 rings (SSSR count). The van der Waals surface area contributed by atoms with Crippen LogP contribution in [0.3, 0.4) is 0 Å². The summed E-state index contributed by atoms with van der Waals surface area (Å²) in [7, 11) is 0. The third kappa shape index (κ3) is 5.42. The van der Waals surface area contributed by atoms with E-state index in [2.05, 4.69) is 41.6 Å². The van der Waals surface area contributed by atoms with Crippen LogP contribution in [0.25, 0.3) is 17.1 Å². The number of carbonyl (C=O) groups excluding carboxylic acids is 1. The Morgan fingerprint density at radius 2 is 1.84 bits per heavy atom. The Hall–Kier alpha value is -3.01. The molecule has 160 valence electrons. The molecule has 0 spiro atoms. The minimum atomic E-state index is -0.255. The molecule has 2 aromatic heterocycles. The number of benzene rings is 2. The van der Waals surface area contributed by atoms with E-state index in [9.17, 15) is 4.79 Å². The van der Waals surface area contributed by atoms with Crippen molar-refractivity contribution >= 4 is 51.4 Å². The highest BCUT2D eigenvalue weighted by atomic mass is 79.9. The number of aromatic nitrogens is 4.